The highest BCUT2D eigenvalue weighted by Gasteiger charge is 2.17. The zero-order valence-corrected chi connectivity index (χ0v) is 15.7. The third kappa shape index (κ3) is 10.0. The van der Waals surface area contributed by atoms with Gasteiger partial charge in [0, 0.05) is 19.7 Å². The number of carbonyl (C=O) groups is 2. The maximum absolute atomic E-state index is 11.8. The van der Waals surface area contributed by atoms with E-state index in [0.717, 1.165) is 12.0 Å². The molecule has 0 heterocycles. The van der Waals surface area contributed by atoms with Crippen LogP contribution < -0.4 is 10.1 Å². The van der Waals surface area contributed by atoms with E-state index in [-0.39, 0.29) is 25.5 Å². The Morgan fingerprint density at radius 3 is 2.42 bits per heavy atom. The maximum Gasteiger partial charge on any atom is 0.306 e. The monoisotopic (exact) mass is 367 g/mol. The topological polar surface area (TPSA) is 94.1 Å². The molecule has 2 N–H and O–H groups in total. The van der Waals surface area contributed by atoms with Gasteiger partial charge < -0.3 is 24.6 Å². The molecule has 26 heavy (non-hydrogen) atoms. The molecule has 0 spiro atoms. The molecule has 1 unspecified atom stereocenters. The summed E-state index contributed by atoms with van der Waals surface area (Å²) >= 11 is 0. The maximum atomic E-state index is 11.8. The van der Waals surface area contributed by atoms with E-state index < -0.39 is 18.0 Å². The van der Waals surface area contributed by atoms with Gasteiger partial charge in [-0.1, -0.05) is 26.0 Å². The van der Waals surface area contributed by atoms with Crippen LogP contribution >= 0.6 is 0 Å². The van der Waals surface area contributed by atoms with Crippen LogP contribution in [0.5, 0.6) is 5.75 Å². The van der Waals surface area contributed by atoms with Crippen LogP contribution in [-0.4, -0.2) is 56.1 Å². The van der Waals surface area contributed by atoms with Crippen LogP contribution in [-0.2, 0) is 25.5 Å². The highest BCUT2D eigenvalue weighted by molar-refractivity contribution is 5.76. The summed E-state index contributed by atoms with van der Waals surface area (Å²) in [6.45, 7) is 5.26. The molecule has 1 aromatic carbocycles. The molecule has 1 aromatic rings. The predicted octanol–water partition coefficient (Wildman–Crippen LogP) is 2.03. The van der Waals surface area contributed by atoms with E-state index in [9.17, 15) is 9.59 Å². The first-order valence-corrected chi connectivity index (χ1v) is 8.76. The minimum Gasteiger partial charge on any atom is -0.490 e. The number of methoxy groups -OCH3 is 1. The molecule has 0 amide bonds. The van der Waals surface area contributed by atoms with Crippen molar-refractivity contribution in [1.82, 2.24) is 5.32 Å². The van der Waals surface area contributed by atoms with Crippen molar-refractivity contribution in [1.29, 1.82) is 0 Å². The Hall–Kier alpha value is -2.12. The minimum atomic E-state index is -1.02. The number of nitrogens with one attached hydrogen (secondary N) is 1. The molecule has 7 nitrogen and oxygen atoms in total. The van der Waals surface area contributed by atoms with Crippen molar-refractivity contribution >= 4 is 11.9 Å². The Balaban J connectivity index is 2.52. The largest absolute Gasteiger partial charge is 0.490 e. The predicted molar refractivity (Wildman–Crippen MR) is 97.4 cm³/mol. The number of hydrogen-bond donors (Lipinski definition) is 2. The summed E-state index contributed by atoms with van der Waals surface area (Å²) in [5.74, 6) is -0.882. The van der Waals surface area contributed by atoms with Gasteiger partial charge in [0.25, 0.3) is 0 Å². The second kappa shape index (κ2) is 12.3. The Morgan fingerprint density at radius 1 is 1.15 bits per heavy atom. The molecule has 1 atom stereocenters. The Bertz CT molecular complexity index is 543. The smallest absolute Gasteiger partial charge is 0.306 e. The van der Waals surface area contributed by atoms with Gasteiger partial charge in [0.2, 0.25) is 0 Å². The van der Waals surface area contributed by atoms with E-state index in [1.165, 1.54) is 0 Å². The lowest BCUT2D eigenvalue weighted by Crippen LogP contribution is -2.38. The fourth-order valence-corrected chi connectivity index (χ4v) is 2.12. The van der Waals surface area contributed by atoms with Gasteiger partial charge in [0.1, 0.15) is 18.5 Å². The Labute approximate surface area is 154 Å². The summed E-state index contributed by atoms with van der Waals surface area (Å²) in [6, 6.07) is 7.90. The van der Waals surface area contributed by atoms with Crippen molar-refractivity contribution < 1.29 is 28.9 Å². The first-order chi connectivity index (χ1) is 12.4. The van der Waals surface area contributed by atoms with Gasteiger partial charge in [-0.15, -0.1) is 0 Å². The van der Waals surface area contributed by atoms with E-state index in [4.69, 9.17) is 19.3 Å². The molecule has 0 fully saturated rings. The van der Waals surface area contributed by atoms with E-state index >= 15 is 0 Å². The lowest BCUT2D eigenvalue weighted by atomic mass is 10.1. The Morgan fingerprint density at radius 2 is 1.85 bits per heavy atom. The third-order valence-electron chi connectivity index (χ3n) is 3.55. The number of hydrogen-bond acceptors (Lipinski definition) is 6. The average Bonchev–Trinajstić information content (AvgIpc) is 2.61. The second-order valence-corrected chi connectivity index (χ2v) is 6.27. The fourth-order valence-electron chi connectivity index (χ4n) is 2.12. The van der Waals surface area contributed by atoms with Crippen LogP contribution in [0.1, 0.15) is 32.3 Å². The first kappa shape index (κ1) is 21.9. The van der Waals surface area contributed by atoms with Crippen molar-refractivity contribution in [3.05, 3.63) is 29.8 Å². The van der Waals surface area contributed by atoms with Crippen molar-refractivity contribution in [2.75, 3.05) is 26.9 Å². The number of esters is 1. The number of carboxylic acid groups (broad SMARTS) is 1. The normalized spacial score (nSPS) is 12.0. The SMILES string of the molecule is COCCc1ccc(OCC(CNC(C)C)OC(=O)CCC(=O)O)cc1. The van der Waals surface area contributed by atoms with Crippen molar-refractivity contribution in [2.24, 2.45) is 0 Å². The van der Waals surface area contributed by atoms with Crippen molar-refractivity contribution in [3.8, 4) is 5.75 Å². The van der Waals surface area contributed by atoms with Gasteiger partial charge in [0.05, 0.1) is 19.4 Å². The summed E-state index contributed by atoms with van der Waals surface area (Å²) in [5, 5.41) is 11.8. The molecule has 1 rings (SSSR count). The van der Waals surface area contributed by atoms with Crippen LogP contribution in [0.3, 0.4) is 0 Å². The minimum absolute atomic E-state index is 0.151. The number of carbonyl (C=O) groups excluding carboxylic acids is 1. The van der Waals surface area contributed by atoms with Gasteiger partial charge >= 0.3 is 11.9 Å². The van der Waals surface area contributed by atoms with Gasteiger partial charge in [-0.3, -0.25) is 9.59 Å². The summed E-state index contributed by atoms with van der Waals surface area (Å²) in [4.78, 5) is 22.3. The van der Waals surface area contributed by atoms with Crippen LogP contribution in [0.15, 0.2) is 24.3 Å². The summed E-state index contributed by atoms with van der Waals surface area (Å²) in [7, 11) is 1.67. The molecule has 0 saturated carbocycles. The number of carboxylic acids is 1. The molecule has 0 bridgehead atoms. The lowest BCUT2D eigenvalue weighted by Gasteiger charge is -2.20. The summed E-state index contributed by atoms with van der Waals surface area (Å²) in [5.41, 5.74) is 1.15. The quantitative estimate of drug-likeness (QED) is 0.515. The lowest BCUT2D eigenvalue weighted by molar-refractivity contribution is -0.153. The molecule has 7 heteroatoms. The van der Waals surface area contributed by atoms with Crippen LogP contribution in [0.25, 0.3) is 0 Å². The zero-order valence-electron chi connectivity index (χ0n) is 15.7. The molecule has 0 saturated heterocycles. The molecular formula is C19H29NO6. The van der Waals surface area contributed by atoms with Crippen LogP contribution in [0.2, 0.25) is 0 Å². The molecular weight excluding hydrogens is 338 g/mol. The number of aliphatic carboxylic acids is 1. The van der Waals surface area contributed by atoms with E-state index in [1.54, 1.807) is 7.11 Å². The number of benzene rings is 1. The van der Waals surface area contributed by atoms with Gasteiger partial charge in [-0.25, -0.2) is 0 Å². The molecule has 0 aliphatic rings. The Kier molecular flexibility index (Phi) is 10.3. The molecule has 0 aliphatic carbocycles. The molecule has 0 radical (unpaired) electrons. The van der Waals surface area contributed by atoms with Crippen molar-refractivity contribution in [2.45, 2.75) is 45.3 Å². The molecule has 0 aromatic heterocycles. The standard InChI is InChI=1S/C19H29NO6/c1-14(2)20-12-17(26-19(23)9-8-18(21)22)13-25-16-6-4-15(5-7-16)10-11-24-3/h4-7,14,17,20H,8-13H2,1-3H3,(H,21,22). The van der Waals surface area contributed by atoms with Crippen molar-refractivity contribution in [3.63, 3.8) is 0 Å². The molecule has 146 valence electrons. The van der Waals surface area contributed by atoms with Crippen LogP contribution in [0.4, 0.5) is 0 Å². The molecule has 0 aliphatic heterocycles. The van der Waals surface area contributed by atoms with E-state index in [0.29, 0.717) is 18.9 Å². The third-order valence-corrected chi connectivity index (χ3v) is 3.55. The van der Waals surface area contributed by atoms with Crippen LogP contribution in [0, 0.1) is 0 Å². The van der Waals surface area contributed by atoms with E-state index in [2.05, 4.69) is 5.32 Å². The average molecular weight is 367 g/mol. The van der Waals surface area contributed by atoms with Gasteiger partial charge in [0.15, 0.2) is 0 Å². The summed E-state index contributed by atoms with van der Waals surface area (Å²) < 4.78 is 16.1. The van der Waals surface area contributed by atoms with Gasteiger partial charge in [-0.2, -0.15) is 0 Å². The number of ether oxygens (including phenoxy) is 3. The fraction of sp³-hybridized carbons (Fsp3) is 0.579. The van der Waals surface area contributed by atoms with Gasteiger partial charge in [-0.05, 0) is 24.1 Å². The second-order valence-electron chi connectivity index (χ2n) is 6.27. The first-order valence-electron chi connectivity index (χ1n) is 8.76. The summed E-state index contributed by atoms with van der Waals surface area (Å²) in [6.07, 6.45) is -0.0556. The highest BCUT2D eigenvalue weighted by Crippen LogP contribution is 2.13. The zero-order chi connectivity index (χ0) is 19.4. The highest BCUT2D eigenvalue weighted by atomic mass is 16.6. The number of rotatable bonds is 13. The van der Waals surface area contributed by atoms with E-state index in [1.807, 2.05) is 38.1 Å².